The zero-order valence-corrected chi connectivity index (χ0v) is 16.9. The first kappa shape index (κ1) is 19.9. The van der Waals surface area contributed by atoms with Crippen molar-refractivity contribution in [3.8, 4) is 0 Å². The van der Waals surface area contributed by atoms with Crippen LogP contribution in [0.3, 0.4) is 0 Å². The van der Waals surface area contributed by atoms with E-state index in [1.165, 1.54) is 23.5 Å². The highest BCUT2D eigenvalue weighted by Crippen LogP contribution is 2.27. The van der Waals surface area contributed by atoms with Crippen molar-refractivity contribution in [3.05, 3.63) is 76.5 Å². The van der Waals surface area contributed by atoms with E-state index in [-0.39, 0.29) is 30.0 Å². The third-order valence-corrected chi connectivity index (χ3v) is 5.75. The molecule has 1 unspecified atom stereocenters. The molecule has 3 aromatic rings. The van der Waals surface area contributed by atoms with Gasteiger partial charge in [0, 0.05) is 35.4 Å². The molecule has 1 N–H and O–H groups in total. The van der Waals surface area contributed by atoms with Gasteiger partial charge < -0.3 is 0 Å². The maximum Gasteiger partial charge on any atom is 0.257 e. The predicted octanol–water partition coefficient (Wildman–Crippen LogP) is 4.02. The molecule has 0 spiro atoms. The molecule has 1 aliphatic rings. The fraction of sp³-hybridized carbons (Fsp3) is 0.182. The number of rotatable bonds is 5. The first-order valence-electron chi connectivity index (χ1n) is 9.38. The molecule has 1 atom stereocenters. The molecule has 1 fully saturated rings. The number of benzene rings is 2. The van der Waals surface area contributed by atoms with Crippen LogP contribution in [0, 0.1) is 11.7 Å². The quantitative estimate of drug-likeness (QED) is 0.629. The normalized spacial score (nSPS) is 16.2. The van der Waals surface area contributed by atoms with Crippen LogP contribution in [-0.4, -0.2) is 22.7 Å². The highest BCUT2D eigenvalue weighted by molar-refractivity contribution is 7.15. The summed E-state index contributed by atoms with van der Waals surface area (Å²) in [6, 6.07) is 12.9. The summed E-state index contributed by atoms with van der Waals surface area (Å²) in [5.74, 6) is -1.60. The molecule has 30 heavy (non-hydrogen) atoms. The van der Waals surface area contributed by atoms with Gasteiger partial charge in [0.25, 0.3) is 5.91 Å². The van der Waals surface area contributed by atoms with Gasteiger partial charge in [0.1, 0.15) is 5.82 Å². The van der Waals surface area contributed by atoms with Gasteiger partial charge in [-0.15, -0.1) is 11.3 Å². The Morgan fingerprint density at radius 2 is 2.03 bits per heavy atom. The largest absolute Gasteiger partial charge is 0.298 e. The fourth-order valence-electron chi connectivity index (χ4n) is 3.29. The van der Waals surface area contributed by atoms with Crippen LogP contribution in [-0.2, 0) is 16.0 Å². The monoisotopic (exact) mass is 423 g/mol. The van der Waals surface area contributed by atoms with E-state index in [4.69, 9.17) is 0 Å². The van der Waals surface area contributed by atoms with Crippen LogP contribution < -0.4 is 10.2 Å². The van der Waals surface area contributed by atoms with E-state index in [0.717, 1.165) is 9.78 Å². The maximum atomic E-state index is 13.8. The number of carbonyl (C=O) groups excluding carboxylic acids is 3. The van der Waals surface area contributed by atoms with Crippen LogP contribution in [0.4, 0.5) is 15.2 Å². The first-order valence-corrected chi connectivity index (χ1v) is 10.2. The van der Waals surface area contributed by atoms with Crippen LogP contribution in [0.15, 0.2) is 54.7 Å². The van der Waals surface area contributed by atoms with Gasteiger partial charge >= 0.3 is 0 Å². The number of anilines is 2. The number of nitrogens with zero attached hydrogens (tertiary/aromatic N) is 2. The number of thiazole rings is 1. The van der Waals surface area contributed by atoms with Crippen molar-refractivity contribution in [3.63, 3.8) is 0 Å². The van der Waals surface area contributed by atoms with E-state index in [2.05, 4.69) is 10.3 Å². The van der Waals surface area contributed by atoms with E-state index < -0.39 is 5.91 Å². The molecule has 0 aliphatic carbocycles. The Morgan fingerprint density at radius 3 is 2.77 bits per heavy atom. The Kier molecular flexibility index (Phi) is 5.41. The predicted molar refractivity (Wildman–Crippen MR) is 112 cm³/mol. The molecule has 152 valence electrons. The number of hydrogen-bond acceptors (Lipinski definition) is 5. The van der Waals surface area contributed by atoms with Gasteiger partial charge in [-0.1, -0.05) is 31.2 Å². The van der Waals surface area contributed by atoms with Gasteiger partial charge in [-0.25, -0.2) is 9.37 Å². The second-order valence-corrected chi connectivity index (χ2v) is 8.19. The second-order valence-electron chi connectivity index (χ2n) is 7.08. The third kappa shape index (κ3) is 3.99. The van der Waals surface area contributed by atoms with Crippen molar-refractivity contribution in [2.45, 2.75) is 19.8 Å². The highest BCUT2D eigenvalue weighted by atomic mass is 32.1. The Labute approximate surface area is 176 Å². The topological polar surface area (TPSA) is 79.4 Å². The van der Waals surface area contributed by atoms with Crippen LogP contribution in [0.1, 0.15) is 34.1 Å². The number of nitrogens with one attached hydrogen (secondary N) is 1. The lowest BCUT2D eigenvalue weighted by molar-refractivity contribution is -0.122. The smallest absolute Gasteiger partial charge is 0.257 e. The summed E-state index contributed by atoms with van der Waals surface area (Å²) in [5, 5.41) is 3.10. The molecule has 2 aromatic carbocycles. The molecule has 3 amide bonds. The molecule has 0 radical (unpaired) electrons. The zero-order chi connectivity index (χ0) is 21.3. The Hall–Kier alpha value is -3.39. The zero-order valence-electron chi connectivity index (χ0n) is 16.1. The lowest BCUT2D eigenvalue weighted by atomic mass is 10.1. The number of hydrogen-bond donors (Lipinski definition) is 1. The lowest BCUT2D eigenvalue weighted by Gasteiger charge is -2.15. The molecule has 1 aromatic heterocycles. The van der Waals surface area contributed by atoms with Crippen LogP contribution in [0.25, 0.3) is 0 Å². The van der Waals surface area contributed by atoms with Gasteiger partial charge in [0.15, 0.2) is 5.13 Å². The van der Waals surface area contributed by atoms with Crippen LogP contribution in [0.2, 0.25) is 0 Å². The average molecular weight is 423 g/mol. The number of imide groups is 1. The second kappa shape index (κ2) is 8.16. The van der Waals surface area contributed by atoms with Crippen molar-refractivity contribution >= 4 is 39.9 Å². The molecule has 0 bridgehead atoms. The number of aromatic nitrogens is 1. The molecule has 4 rings (SSSR count). The van der Waals surface area contributed by atoms with Crippen molar-refractivity contribution in [1.82, 2.24) is 4.98 Å². The lowest BCUT2D eigenvalue weighted by Crippen LogP contribution is -2.30. The molecular formula is C22H18FN3O3S. The van der Waals surface area contributed by atoms with E-state index >= 15 is 0 Å². The molecule has 1 aliphatic heterocycles. The molecular weight excluding hydrogens is 405 g/mol. The minimum atomic E-state index is -0.407. The summed E-state index contributed by atoms with van der Waals surface area (Å²) in [7, 11) is 0. The van der Waals surface area contributed by atoms with E-state index in [1.54, 1.807) is 49.5 Å². The van der Waals surface area contributed by atoms with Crippen molar-refractivity contribution in [1.29, 1.82) is 0 Å². The average Bonchev–Trinajstić information content (AvgIpc) is 3.27. The minimum absolute atomic E-state index is 0.166. The molecule has 6 nitrogen and oxygen atoms in total. The summed E-state index contributed by atoms with van der Waals surface area (Å²) in [6.07, 6.45) is 2.15. The molecule has 8 heteroatoms. The molecule has 2 heterocycles. The van der Waals surface area contributed by atoms with Gasteiger partial charge in [0.2, 0.25) is 11.8 Å². The Morgan fingerprint density at radius 1 is 1.23 bits per heavy atom. The van der Waals surface area contributed by atoms with Crippen molar-refractivity contribution < 1.29 is 18.8 Å². The number of carbonyl (C=O) groups is 3. The van der Waals surface area contributed by atoms with E-state index in [9.17, 15) is 18.8 Å². The first-order chi connectivity index (χ1) is 14.4. The van der Waals surface area contributed by atoms with Gasteiger partial charge in [0.05, 0.1) is 5.69 Å². The molecule has 1 saturated heterocycles. The van der Waals surface area contributed by atoms with Crippen molar-refractivity contribution in [2.75, 3.05) is 10.2 Å². The standard InChI is InChI=1S/C22H18FN3O3S/c1-13-9-19(27)26(21(13)29)16-7-4-6-15(10-16)20(28)25-22-24-12-17(30-22)11-14-5-2-3-8-18(14)23/h2-8,10,12-13H,9,11H2,1H3,(H,24,25,28). The summed E-state index contributed by atoms with van der Waals surface area (Å²) in [6.45, 7) is 1.71. The highest BCUT2D eigenvalue weighted by Gasteiger charge is 2.36. The fourth-order valence-corrected chi connectivity index (χ4v) is 4.12. The van der Waals surface area contributed by atoms with E-state index in [1.807, 2.05) is 0 Å². The van der Waals surface area contributed by atoms with Gasteiger partial charge in [-0.05, 0) is 29.8 Å². The van der Waals surface area contributed by atoms with Crippen LogP contribution in [0.5, 0.6) is 0 Å². The van der Waals surface area contributed by atoms with Crippen molar-refractivity contribution in [2.24, 2.45) is 5.92 Å². The Bertz CT molecular complexity index is 1140. The Balaban J connectivity index is 1.47. The summed E-state index contributed by atoms with van der Waals surface area (Å²) in [5.41, 5.74) is 1.24. The SMILES string of the molecule is CC1CC(=O)N(c2cccc(C(=O)Nc3ncc(Cc4ccccc4F)s3)c2)C1=O. The third-order valence-electron chi connectivity index (χ3n) is 4.84. The van der Waals surface area contributed by atoms with Gasteiger partial charge in [-0.3, -0.25) is 24.6 Å². The summed E-state index contributed by atoms with van der Waals surface area (Å²) >= 11 is 1.26. The maximum absolute atomic E-state index is 13.8. The summed E-state index contributed by atoms with van der Waals surface area (Å²) in [4.78, 5) is 43.1. The minimum Gasteiger partial charge on any atom is -0.298 e. The molecule has 0 saturated carbocycles. The number of amides is 3. The summed E-state index contributed by atoms with van der Waals surface area (Å²) < 4.78 is 13.8. The van der Waals surface area contributed by atoms with Crippen LogP contribution >= 0.6 is 11.3 Å². The van der Waals surface area contributed by atoms with E-state index in [0.29, 0.717) is 28.4 Å². The van der Waals surface area contributed by atoms with Gasteiger partial charge in [-0.2, -0.15) is 0 Å². The number of halogens is 1.